The maximum atomic E-state index is 14.0. The van der Waals surface area contributed by atoms with Gasteiger partial charge in [-0.3, -0.25) is 9.36 Å². The molecular formula is C34H33ClN2O6S. The van der Waals surface area contributed by atoms with Crippen LogP contribution in [0.5, 0.6) is 17.2 Å². The molecule has 228 valence electrons. The van der Waals surface area contributed by atoms with Gasteiger partial charge in [0.25, 0.3) is 5.56 Å². The van der Waals surface area contributed by atoms with E-state index in [1.807, 2.05) is 80.6 Å². The van der Waals surface area contributed by atoms with Crippen molar-refractivity contribution in [3.05, 3.63) is 119 Å². The maximum Gasteiger partial charge on any atom is 0.338 e. The highest BCUT2D eigenvalue weighted by Gasteiger charge is 2.33. The third kappa shape index (κ3) is 6.74. The molecule has 10 heteroatoms. The second-order valence-electron chi connectivity index (χ2n) is 9.86. The lowest BCUT2D eigenvalue weighted by Crippen LogP contribution is -2.39. The van der Waals surface area contributed by atoms with E-state index < -0.39 is 12.0 Å². The minimum absolute atomic E-state index is 0.205. The van der Waals surface area contributed by atoms with E-state index >= 15 is 0 Å². The van der Waals surface area contributed by atoms with Crippen molar-refractivity contribution in [2.75, 3.05) is 19.8 Å². The summed E-state index contributed by atoms with van der Waals surface area (Å²) >= 11 is 7.38. The molecule has 1 aliphatic rings. The normalized spacial score (nSPS) is 14.6. The molecule has 44 heavy (non-hydrogen) atoms. The van der Waals surface area contributed by atoms with Crippen LogP contribution in [0.1, 0.15) is 50.4 Å². The molecule has 0 saturated heterocycles. The number of fused-ring (bicyclic) bond motifs is 1. The molecule has 0 fully saturated rings. The van der Waals surface area contributed by atoms with Crippen LogP contribution in [0.25, 0.3) is 6.08 Å². The summed E-state index contributed by atoms with van der Waals surface area (Å²) in [7, 11) is 0. The number of benzene rings is 3. The second-order valence-corrected chi connectivity index (χ2v) is 11.3. The summed E-state index contributed by atoms with van der Waals surface area (Å²) in [5, 5.41) is 0.641. The number of carbonyl (C=O) groups is 1. The van der Waals surface area contributed by atoms with Gasteiger partial charge in [0, 0.05) is 5.02 Å². The van der Waals surface area contributed by atoms with Crippen LogP contribution in [-0.4, -0.2) is 30.4 Å². The van der Waals surface area contributed by atoms with Gasteiger partial charge in [0.05, 0.1) is 41.7 Å². The number of carbonyl (C=O) groups excluding carboxylic acids is 1. The third-order valence-corrected chi connectivity index (χ3v) is 8.09. The van der Waals surface area contributed by atoms with E-state index in [1.54, 1.807) is 24.5 Å². The first kappa shape index (κ1) is 31.1. The summed E-state index contributed by atoms with van der Waals surface area (Å²) in [6, 6.07) is 19.7. The average molecular weight is 633 g/mol. The van der Waals surface area contributed by atoms with Gasteiger partial charge in [-0.05, 0) is 86.9 Å². The molecule has 2 heterocycles. The SMILES string of the molecule is CCOC(=O)C1=C(C)N=c2s/c(=C\c3ccc(OCc4cccc(Cl)c4)c(OCC)c3)c(=O)n2[C@@H]1c1ccc(OCC)cc1. The van der Waals surface area contributed by atoms with Crippen LogP contribution in [0.3, 0.4) is 0 Å². The molecule has 1 aliphatic heterocycles. The number of aromatic nitrogens is 1. The first-order chi connectivity index (χ1) is 21.3. The largest absolute Gasteiger partial charge is 0.494 e. The van der Waals surface area contributed by atoms with Gasteiger partial charge in [-0.15, -0.1) is 0 Å². The number of rotatable bonds is 11. The van der Waals surface area contributed by atoms with Crippen molar-refractivity contribution in [3.8, 4) is 17.2 Å². The van der Waals surface area contributed by atoms with Gasteiger partial charge in [0.15, 0.2) is 16.3 Å². The Kier molecular flexibility index (Phi) is 9.87. The van der Waals surface area contributed by atoms with Crippen LogP contribution >= 0.6 is 22.9 Å². The van der Waals surface area contributed by atoms with Crippen LogP contribution in [0.2, 0.25) is 5.02 Å². The third-order valence-electron chi connectivity index (χ3n) is 6.87. The highest BCUT2D eigenvalue weighted by molar-refractivity contribution is 7.07. The van der Waals surface area contributed by atoms with Gasteiger partial charge in [-0.25, -0.2) is 9.79 Å². The Morgan fingerprint density at radius 3 is 2.43 bits per heavy atom. The molecule has 4 aromatic rings. The monoisotopic (exact) mass is 632 g/mol. The molecule has 0 spiro atoms. The van der Waals surface area contributed by atoms with E-state index in [1.165, 1.54) is 11.3 Å². The van der Waals surface area contributed by atoms with E-state index in [0.717, 1.165) is 16.7 Å². The minimum atomic E-state index is -0.704. The summed E-state index contributed by atoms with van der Waals surface area (Å²) in [6.07, 6.45) is 1.80. The Balaban J connectivity index is 1.54. The molecule has 0 radical (unpaired) electrons. The fourth-order valence-electron chi connectivity index (χ4n) is 4.96. The fraction of sp³-hybridized carbons (Fsp3) is 0.265. The standard InChI is InChI=1S/C34H33ClN2O6S/c1-5-40-26-14-12-24(13-15-26)31-30(33(39)42-7-3)21(4)36-34-37(31)32(38)29(44-34)19-22-11-16-27(28(18-22)41-6-2)43-20-23-9-8-10-25(35)17-23/h8-19,31H,5-7,20H2,1-4H3/b29-19-/t31-/m1/s1. The molecule has 0 amide bonds. The van der Waals surface area contributed by atoms with Crippen LogP contribution in [0.15, 0.2) is 87.8 Å². The Morgan fingerprint density at radius 2 is 1.73 bits per heavy atom. The Labute approximate surface area is 264 Å². The lowest BCUT2D eigenvalue weighted by Gasteiger charge is -2.24. The van der Waals surface area contributed by atoms with Crippen molar-refractivity contribution in [1.82, 2.24) is 4.57 Å². The topological polar surface area (TPSA) is 88.4 Å². The lowest BCUT2D eigenvalue weighted by molar-refractivity contribution is -0.139. The van der Waals surface area contributed by atoms with Gasteiger partial charge in [0.1, 0.15) is 12.4 Å². The van der Waals surface area contributed by atoms with E-state index in [4.69, 9.17) is 30.5 Å². The van der Waals surface area contributed by atoms with E-state index in [0.29, 0.717) is 62.7 Å². The van der Waals surface area contributed by atoms with E-state index in [-0.39, 0.29) is 12.2 Å². The van der Waals surface area contributed by atoms with Crippen LogP contribution < -0.4 is 29.1 Å². The average Bonchev–Trinajstić information content (AvgIpc) is 3.30. The van der Waals surface area contributed by atoms with Crippen molar-refractivity contribution in [2.45, 2.75) is 40.3 Å². The van der Waals surface area contributed by atoms with E-state index in [9.17, 15) is 9.59 Å². The zero-order valence-corrected chi connectivity index (χ0v) is 26.5. The summed E-state index contributed by atoms with van der Waals surface area (Å²) in [6.45, 7) is 8.83. The molecule has 0 N–H and O–H groups in total. The van der Waals surface area contributed by atoms with Gasteiger partial charge in [-0.1, -0.05) is 53.3 Å². The van der Waals surface area contributed by atoms with Gasteiger partial charge < -0.3 is 18.9 Å². The molecule has 3 aromatic carbocycles. The summed E-state index contributed by atoms with van der Waals surface area (Å²) < 4.78 is 25.0. The predicted octanol–water partition coefficient (Wildman–Crippen LogP) is 5.83. The number of ether oxygens (including phenoxy) is 4. The summed E-state index contributed by atoms with van der Waals surface area (Å²) in [5.74, 6) is 1.34. The predicted molar refractivity (Wildman–Crippen MR) is 171 cm³/mol. The molecule has 1 aromatic heterocycles. The van der Waals surface area contributed by atoms with Gasteiger partial charge >= 0.3 is 5.97 Å². The highest BCUT2D eigenvalue weighted by atomic mass is 35.5. The zero-order chi connectivity index (χ0) is 31.2. The van der Waals surface area contributed by atoms with Crippen molar-refractivity contribution in [1.29, 1.82) is 0 Å². The van der Waals surface area contributed by atoms with Gasteiger partial charge in [-0.2, -0.15) is 0 Å². The quantitative estimate of drug-likeness (QED) is 0.193. The number of hydrogen-bond acceptors (Lipinski definition) is 8. The zero-order valence-electron chi connectivity index (χ0n) is 25.0. The highest BCUT2D eigenvalue weighted by Crippen LogP contribution is 2.32. The van der Waals surface area contributed by atoms with Crippen molar-refractivity contribution < 1.29 is 23.7 Å². The van der Waals surface area contributed by atoms with Crippen LogP contribution in [0, 0.1) is 0 Å². The van der Waals surface area contributed by atoms with Crippen LogP contribution in [-0.2, 0) is 16.1 Å². The first-order valence-corrected chi connectivity index (χ1v) is 15.6. The fourth-order valence-corrected chi connectivity index (χ4v) is 6.22. The van der Waals surface area contributed by atoms with Crippen molar-refractivity contribution in [2.24, 2.45) is 4.99 Å². The summed E-state index contributed by atoms with van der Waals surface area (Å²) in [5.41, 5.74) is 3.02. The number of esters is 1. The molecule has 0 aliphatic carbocycles. The minimum Gasteiger partial charge on any atom is -0.494 e. The molecule has 8 nitrogen and oxygen atoms in total. The number of nitrogens with zero attached hydrogens (tertiary/aromatic N) is 2. The molecule has 0 unspecified atom stereocenters. The van der Waals surface area contributed by atoms with Crippen molar-refractivity contribution >= 4 is 35.0 Å². The first-order valence-electron chi connectivity index (χ1n) is 14.4. The molecule has 0 saturated carbocycles. The number of thiazole rings is 1. The number of halogens is 1. The van der Waals surface area contributed by atoms with Gasteiger partial charge in [0.2, 0.25) is 0 Å². The molecule has 1 atom stereocenters. The Bertz CT molecular complexity index is 1880. The van der Waals surface area contributed by atoms with E-state index in [2.05, 4.69) is 4.99 Å². The Hall–Kier alpha value is -4.34. The smallest absolute Gasteiger partial charge is 0.338 e. The summed E-state index contributed by atoms with van der Waals surface area (Å²) in [4.78, 5) is 32.3. The van der Waals surface area contributed by atoms with Crippen molar-refractivity contribution in [3.63, 3.8) is 0 Å². The maximum absolute atomic E-state index is 14.0. The van der Waals surface area contributed by atoms with Crippen LogP contribution in [0.4, 0.5) is 0 Å². The number of hydrogen-bond donors (Lipinski definition) is 0. The Morgan fingerprint density at radius 1 is 0.955 bits per heavy atom. The lowest BCUT2D eigenvalue weighted by atomic mass is 9.96. The molecule has 5 rings (SSSR count). The number of allylic oxidation sites excluding steroid dienone is 1. The molecule has 0 bridgehead atoms. The molecular weight excluding hydrogens is 600 g/mol. The second kappa shape index (κ2) is 14.0.